The summed E-state index contributed by atoms with van der Waals surface area (Å²) in [4.78, 5) is 36.4. The molecule has 0 aliphatic carbocycles. The lowest BCUT2D eigenvalue weighted by Crippen LogP contribution is -2.41. The van der Waals surface area contributed by atoms with Crippen LogP contribution in [0.25, 0.3) is 0 Å². The molecule has 2 aliphatic rings. The molecular weight excluding hydrogens is 455 g/mol. The Morgan fingerprint density at radius 3 is 2.76 bits per heavy atom. The minimum absolute atomic E-state index is 0.151. The van der Waals surface area contributed by atoms with Crippen molar-refractivity contribution in [3.05, 3.63) is 89.6 Å². The SMILES string of the molecule is O=C(CC[C@@H]1N=C2c3ccccc3N=C(SCc3ccccc3F)N2C1=O)NCc1ccco1. The van der Waals surface area contributed by atoms with E-state index in [2.05, 4.69) is 15.3 Å². The van der Waals surface area contributed by atoms with Crippen molar-refractivity contribution in [3.8, 4) is 0 Å². The number of amides is 2. The molecule has 0 saturated carbocycles. The molecule has 3 aromatic rings. The van der Waals surface area contributed by atoms with E-state index in [1.807, 2.05) is 24.3 Å². The topological polar surface area (TPSA) is 87.3 Å². The Kier molecular flexibility index (Phi) is 6.27. The lowest BCUT2D eigenvalue weighted by Gasteiger charge is -2.25. The van der Waals surface area contributed by atoms with Gasteiger partial charge in [0.25, 0.3) is 5.91 Å². The summed E-state index contributed by atoms with van der Waals surface area (Å²) >= 11 is 1.29. The second-order valence-corrected chi connectivity index (χ2v) is 8.77. The second kappa shape index (κ2) is 9.64. The molecule has 9 heteroatoms. The summed E-state index contributed by atoms with van der Waals surface area (Å²) in [5, 5.41) is 3.24. The first-order chi connectivity index (χ1) is 16.6. The summed E-state index contributed by atoms with van der Waals surface area (Å²) in [7, 11) is 0. The van der Waals surface area contributed by atoms with Crippen LogP contribution in [-0.2, 0) is 21.9 Å². The van der Waals surface area contributed by atoms with Crippen LogP contribution in [0.1, 0.15) is 29.7 Å². The standard InChI is InChI=1S/C25H21FN4O3S/c26-19-9-3-1-6-16(19)15-34-25-29-20-10-4-2-8-18(20)23-28-21(24(32)30(23)25)11-12-22(31)27-14-17-7-5-13-33-17/h1-10,13,21H,11-12,14-15H2,(H,27,31)/t21-/m0/s1. The first kappa shape index (κ1) is 22.1. The van der Waals surface area contributed by atoms with E-state index < -0.39 is 6.04 Å². The summed E-state index contributed by atoms with van der Waals surface area (Å²) in [5.74, 6) is 0.789. The molecule has 172 valence electrons. The van der Waals surface area contributed by atoms with Gasteiger partial charge >= 0.3 is 0 Å². The van der Waals surface area contributed by atoms with Crippen molar-refractivity contribution in [2.24, 2.45) is 9.98 Å². The van der Waals surface area contributed by atoms with Crippen molar-refractivity contribution in [1.29, 1.82) is 0 Å². The number of para-hydroxylation sites is 1. The van der Waals surface area contributed by atoms with Gasteiger partial charge in [-0.1, -0.05) is 42.1 Å². The Morgan fingerprint density at radius 1 is 1.12 bits per heavy atom. The molecule has 7 nitrogen and oxygen atoms in total. The number of nitrogens with one attached hydrogen (secondary N) is 1. The van der Waals surface area contributed by atoms with Crippen molar-refractivity contribution in [2.45, 2.75) is 31.2 Å². The van der Waals surface area contributed by atoms with Crippen LogP contribution in [0.4, 0.5) is 10.1 Å². The summed E-state index contributed by atoms with van der Waals surface area (Å²) in [5.41, 5.74) is 2.00. The highest BCUT2D eigenvalue weighted by atomic mass is 32.2. The zero-order valence-electron chi connectivity index (χ0n) is 18.1. The predicted octanol–water partition coefficient (Wildman–Crippen LogP) is 4.41. The average Bonchev–Trinajstić information content (AvgIpc) is 3.49. The molecular formula is C25H21FN4O3S. The number of amidine groups is 2. The predicted molar refractivity (Wildman–Crippen MR) is 128 cm³/mol. The van der Waals surface area contributed by atoms with Gasteiger partial charge in [-0.3, -0.25) is 14.6 Å². The van der Waals surface area contributed by atoms with Gasteiger partial charge in [0, 0.05) is 17.7 Å². The molecule has 2 amide bonds. The molecule has 3 heterocycles. The fourth-order valence-electron chi connectivity index (χ4n) is 3.80. The smallest absolute Gasteiger partial charge is 0.259 e. The maximum atomic E-state index is 14.1. The number of fused-ring (bicyclic) bond motifs is 3. The minimum Gasteiger partial charge on any atom is -0.467 e. The van der Waals surface area contributed by atoms with E-state index in [4.69, 9.17) is 4.42 Å². The first-order valence-electron chi connectivity index (χ1n) is 10.9. The van der Waals surface area contributed by atoms with Gasteiger partial charge in [-0.25, -0.2) is 14.3 Å². The van der Waals surface area contributed by atoms with E-state index in [1.165, 1.54) is 22.7 Å². The van der Waals surface area contributed by atoms with Crippen molar-refractivity contribution < 1.29 is 18.4 Å². The summed E-state index contributed by atoms with van der Waals surface area (Å²) < 4.78 is 19.3. The van der Waals surface area contributed by atoms with Gasteiger partial charge in [0.15, 0.2) is 5.17 Å². The van der Waals surface area contributed by atoms with Crippen LogP contribution in [-0.4, -0.2) is 33.8 Å². The molecule has 0 fully saturated rings. The van der Waals surface area contributed by atoms with Crippen LogP contribution in [0.5, 0.6) is 0 Å². The third-order valence-electron chi connectivity index (χ3n) is 5.55. The van der Waals surface area contributed by atoms with Crippen LogP contribution in [0.3, 0.4) is 0 Å². The molecule has 34 heavy (non-hydrogen) atoms. The summed E-state index contributed by atoms with van der Waals surface area (Å²) in [6, 6.07) is 16.9. The number of carbonyl (C=O) groups is 2. The third kappa shape index (κ3) is 4.51. The Labute approximate surface area is 199 Å². The lowest BCUT2D eigenvalue weighted by molar-refractivity contribution is -0.125. The Bertz CT molecular complexity index is 1290. The third-order valence-corrected chi connectivity index (χ3v) is 6.53. The van der Waals surface area contributed by atoms with Crippen molar-refractivity contribution >= 4 is 40.3 Å². The van der Waals surface area contributed by atoms with E-state index in [-0.39, 0.29) is 30.5 Å². The first-order valence-corrected chi connectivity index (χ1v) is 11.8. The molecule has 0 radical (unpaired) electrons. The maximum Gasteiger partial charge on any atom is 0.259 e. The number of hydrogen-bond donors (Lipinski definition) is 1. The zero-order chi connectivity index (χ0) is 23.5. The van der Waals surface area contributed by atoms with E-state index in [9.17, 15) is 14.0 Å². The van der Waals surface area contributed by atoms with Crippen LogP contribution < -0.4 is 5.32 Å². The van der Waals surface area contributed by atoms with Gasteiger partial charge in [0.1, 0.15) is 23.5 Å². The van der Waals surface area contributed by atoms with Gasteiger partial charge in [0.05, 0.1) is 18.5 Å². The number of carbonyl (C=O) groups excluding carboxylic acids is 2. The highest BCUT2D eigenvalue weighted by molar-refractivity contribution is 8.13. The van der Waals surface area contributed by atoms with Gasteiger partial charge in [-0.15, -0.1) is 0 Å². The fraction of sp³-hybridized carbons (Fsp3) is 0.200. The highest BCUT2D eigenvalue weighted by Gasteiger charge is 2.41. The van der Waals surface area contributed by atoms with E-state index in [0.29, 0.717) is 40.3 Å². The number of benzene rings is 2. The van der Waals surface area contributed by atoms with Crippen molar-refractivity contribution in [3.63, 3.8) is 0 Å². The summed E-state index contributed by atoms with van der Waals surface area (Å²) in [6.07, 6.45) is 1.97. The molecule has 1 aromatic heterocycles. The molecule has 0 spiro atoms. The van der Waals surface area contributed by atoms with Gasteiger partial charge in [0.2, 0.25) is 5.91 Å². The van der Waals surface area contributed by atoms with Crippen LogP contribution in [0.2, 0.25) is 0 Å². The van der Waals surface area contributed by atoms with E-state index in [1.54, 1.807) is 36.6 Å². The van der Waals surface area contributed by atoms with Crippen LogP contribution >= 0.6 is 11.8 Å². The summed E-state index contributed by atoms with van der Waals surface area (Å²) in [6.45, 7) is 0.294. The average molecular weight is 477 g/mol. The second-order valence-electron chi connectivity index (χ2n) is 7.83. The fourth-order valence-corrected chi connectivity index (χ4v) is 4.79. The Morgan fingerprint density at radius 2 is 1.94 bits per heavy atom. The number of thioether (sulfide) groups is 1. The quantitative estimate of drug-likeness (QED) is 0.547. The number of nitrogens with zero attached hydrogens (tertiary/aromatic N) is 3. The molecule has 2 aromatic carbocycles. The van der Waals surface area contributed by atoms with E-state index >= 15 is 0 Å². The normalized spacial score (nSPS) is 16.6. The maximum absolute atomic E-state index is 14.1. The molecule has 5 rings (SSSR count). The zero-order valence-corrected chi connectivity index (χ0v) is 18.9. The molecule has 0 unspecified atom stereocenters. The molecule has 0 saturated heterocycles. The molecule has 1 N–H and O–H groups in total. The van der Waals surface area contributed by atoms with Crippen LogP contribution in [0.15, 0.2) is 81.3 Å². The molecule has 0 bridgehead atoms. The van der Waals surface area contributed by atoms with Crippen LogP contribution in [0, 0.1) is 5.82 Å². The largest absolute Gasteiger partial charge is 0.467 e. The monoisotopic (exact) mass is 476 g/mol. The van der Waals surface area contributed by atoms with Gasteiger partial charge in [-0.2, -0.15) is 0 Å². The van der Waals surface area contributed by atoms with Gasteiger partial charge in [-0.05, 0) is 42.3 Å². The number of furan rings is 1. The highest BCUT2D eigenvalue weighted by Crippen LogP contribution is 2.35. The number of aliphatic imine (C=N–C) groups is 2. The number of hydrogen-bond acceptors (Lipinski definition) is 6. The molecule has 2 aliphatic heterocycles. The number of rotatable bonds is 7. The Balaban J connectivity index is 1.30. The van der Waals surface area contributed by atoms with E-state index in [0.717, 1.165) is 5.56 Å². The minimum atomic E-state index is -0.685. The van der Waals surface area contributed by atoms with Crippen molar-refractivity contribution in [2.75, 3.05) is 0 Å². The van der Waals surface area contributed by atoms with Crippen molar-refractivity contribution in [1.82, 2.24) is 10.2 Å². The Hall–Kier alpha value is -3.72. The van der Waals surface area contributed by atoms with Gasteiger partial charge < -0.3 is 9.73 Å². The molecule has 1 atom stereocenters. The lowest BCUT2D eigenvalue weighted by atomic mass is 10.1. The number of halogens is 1.